The van der Waals surface area contributed by atoms with Crippen molar-refractivity contribution in [2.45, 2.75) is 45.7 Å². The minimum atomic E-state index is -0.515. The van der Waals surface area contributed by atoms with Crippen molar-refractivity contribution in [3.05, 3.63) is 41.9 Å². The van der Waals surface area contributed by atoms with E-state index >= 15 is 0 Å². The highest BCUT2D eigenvalue weighted by Crippen LogP contribution is 2.16. The SMILES string of the molecule is CCOC(=O)/C=c1/s/c(=C\c2ccsc2)c(=O)n1CC(=O)N1CCCCC1C. The summed E-state index contributed by atoms with van der Waals surface area (Å²) in [5, 5.41) is 3.88. The van der Waals surface area contributed by atoms with E-state index in [9.17, 15) is 14.4 Å². The molecular formula is C20H24N2O4S2. The summed E-state index contributed by atoms with van der Waals surface area (Å²) >= 11 is 2.74. The number of ether oxygens (including phenoxy) is 1. The molecule has 6 nitrogen and oxygen atoms in total. The Balaban J connectivity index is 2.00. The molecule has 0 radical (unpaired) electrons. The maximum atomic E-state index is 13.0. The third-order valence-corrected chi connectivity index (χ3v) is 6.48. The van der Waals surface area contributed by atoms with Gasteiger partial charge in [-0.1, -0.05) is 0 Å². The van der Waals surface area contributed by atoms with E-state index in [1.807, 2.05) is 28.7 Å². The molecule has 3 heterocycles. The Bertz CT molecular complexity index is 1000. The van der Waals surface area contributed by atoms with Crippen molar-refractivity contribution in [1.29, 1.82) is 0 Å². The van der Waals surface area contributed by atoms with Crippen LogP contribution in [0.15, 0.2) is 21.6 Å². The minimum absolute atomic E-state index is 0.0671. The van der Waals surface area contributed by atoms with Crippen LogP contribution in [0.3, 0.4) is 0 Å². The molecule has 1 unspecified atom stereocenters. The number of thiazole rings is 1. The van der Waals surface area contributed by atoms with Crippen molar-refractivity contribution in [3.8, 4) is 0 Å². The summed E-state index contributed by atoms with van der Waals surface area (Å²) in [6.07, 6.45) is 6.16. The van der Waals surface area contributed by atoms with E-state index < -0.39 is 5.97 Å². The molecule has 2 aromatic rings. The fourth-order valence-electron chi connectivity index (χ4n) is 3.28. The Morgan fingerprint density at radius 3 is 2.86 bits per heavy atom. The first kappa shape index (κ1) is 20.5. The van der Waals surface area contributed by atoms with Crippen LogP contribution in [-0.4, -0.2) is 40.5 Å². The van der Waals surface area contributed by atoms with E-state index in [1.165, 1.54) is 22.0 Å². The van der Waals surface area contributed by atoms with Gasteiger partial charge in [-0.2, -0.15) is 11.3 Å². The second-order valence-electron chi connectivity index (χ2n) is 6.73. The molecule has 150 valence electrons. The fourth-order valence-corrected chi connectivity index (χ4v) is 4.93. The van der Waals surface area contributed by atoms with Crippen molar-refractivity contribution < 1.29 is 14.3 Å². The van der Waals surface area contributed by atoms with Gasteiger partial charge in [-0.05, 0) is 61.6 Å². The molecule has 1 amide bonds. The summed E-state index contributed by atoms with van der Waals surface area (Å²) in [5.74, 6) is -0.605. The van der Waals surface area contributed by atoms with Crippen LogP contribution >= 0.6 is 22.7 Å². The number of hydrogen-bond donors (Lipinski definition) is 0. The molecule has 0 aliphatic carbocycles. The highest BCUT2D eigenvalue weighted by Gasteiger charge is 2.24. The molecule has 1 aliphatic heterocycles. The van der Waals surface area contributed by atoms with Gasteiger partial charge in [0, 0.05) is 12.6 Å². The monoisotopic (exact) mass is 420 g/mol. The molecule has 1 atom stereocenters. The molecule has 1 fully saturated rings. The number of carbonyl (C=O) groups excluding carboxylic acids is 2. The maximum Gasteiger partial charge on any atom is 0.333 e. The molecule has 0 spiro atoms. The predicted molar refractivity (Wildman–Crippen MR) is 112 cm³/mol. The number of rotatable bonds is 5. The van der Waals surface area contributed by atoms with Gasteiger partial charge in [-0.3, -0.25) is 14.2 Å². The molecule has 28 heavy (non-hydrogen) atoms. The Labute approximate surface area is 171 Å². The Morgan fingerprint density at radius 1 is 1.36 bits per heavy atom. The average molecular weight is 421 g/mol. The van der Waals surface area contributed by atoms with Gasteiger partial charge in [0.2, 0.25) is 5.91 Å². The van der Waals surface area contributed by atoms with Crippen LogP contribution in [0.4, 0.5) is 0 Å². The van der Waals surface area contributed by atoms with Gasteiger partial charge in [0.1, 0.15) is 11.2 Å². The molecule has 8 heteroatoms. The molecule has 1 saturated heterocycles. The van der Waals surface area contributed by atoms with E-state index in [0.717, 1.165) is 24.8 Å². The van der Waals surface area contributed by atoms with Gasteiger partial charge in [0.15, 0.2) is 0 Å². The standard InChI is InChI=1S/C20H24N2O4S2/c1-3-26-19(24)11-18-22(12-17(23)21-8-5-4-6-14(21)2)20(25)16(28-18)10-15-7-9-27-13-15/h7,9-11,13-14H,3-6,8,12H2,1-2H3/b16-10-,18-11+. The van der Waals surface area contributed by atoms with Crippen LogP contribution in [0.5, 0.6) is 0 Å². The lowest BCUT2D eigenvalue weighted by atomic mass is 10.0. The number of aromatic nitrogens is 1. The van der Waals surface area contributed by atoms with Gasteiger partial charge in [0.05, 0.1) is 17.2 Å². The summed E-state index contributed by atoms with van der Waals surface area (Å²) in [4.78, 5) is 39.6. The highest BCUT2D eigenvalue weighted by atomic mass is 32.1. The van der Waals surface area contributed by atoms with E-state index in [-0.39, 0.29) is 30.7 Å². The molecule has 0 bridgehead atoms. The first-order valence-electron chi connectivity index (χ1n) is 9.41. The molecule has 2 aromatic heterocycles. The third-order valence-electron chi connectivity index (χ3n) is 4.72. The first-order chi connectivity index (χ1) is 13.5. The van der Waals surface area contributed by atoms with Gasteiger partial charge in [0.25, 0.3) is 5.56 Å². The van der Waals surface area contributed by atoms with Crippen LogP contribution in [0.2, 0.25) is 0 Å². The lowest BCUT2D eigenvalue weighted by Gasteiger charge is -2.33. The Morgan fingerprint density at radius 2 is 2.18 bits per heavy atom. The van der Waals surface area contributed by atoms with Crippen molar-refractivity contribution >= 4 is 46.7 Å². The summed E-state index contributed by atoms with van der Waals surface area (Å²) in [7, 11) is 0. The quantitative estimate of drug-likeness (QED) is 0.689. The van der Waals surface area contributed by atoms with Crippen LogP contribution < -0.4 is 14.8 Å². The predicted octanol–water partition coefficient (Wildman–Crippen LogP) is 1.54. The van der Waals surface area contributed by atoms with Gasteiger partial charge in [-0.25, -0.2) is 4.79 Å². The van der Waals surface area contributed by atoms with Crippen molar-refractivity contribution in [2.75, 3.05) is 13.2 Å². The average Bonchev–Trinajstić information content (AvgIpc) is 3.26. The number of carbonyl (C=O) groups is 2. The molecule has 3 rings (SSSR count). The summed E-state index contributed by atoms with van der Waals surface area (Å²) in [5.41, 5.74) is 0.666. The van der Waals surface area contributed by atoms with Crippen LogP contribution in [0.25, 0.3) is 12.2 Å². The zero-order valence-electron chi connectivity index (χ0n) is 16.1. The number of hydrogen-bond acceptors (Lipinski definition) is 6. The summed E-state index contributed by atoms with van der Waals surface area (Å²) in [6, 6.07) is 2.09. The zero-order chi connectivity index (χ0) is 20.1. The lowest BCUT2D eigenvalue weighted by Crippen LogP contribution is -2.46. The van der Waals surface area contributed by atoms with Gasteiger partial charge in [-0.15, -0.1) is 11.3 Å². The number of nitrogens with zero attached hydrogens (tertiary/aromatic N) is 2. The number of esters is 1. The Kier molecular flexibility index (Phi) is 6.85. The summed E-state index contributed by atoms with van der Waals surface area (Å²) in [6.45, 7) is 4.66. The van der Waals surface area contributed by atoms with Crippen molar-refractivity contribution in [3.63, 3.8) is 0 Å². The second kappa shape index (κ2) is 9.34. The number of likely N-dealkylation sites (tertiary alicyclic amines) is 1. The van der Waals surface area contributed by atoms with Crippen LogP contribution in [0.1, 0.15) is 38.7 Å². The topological polar surface area (TPSA) is 68.6 Å². The van der Waals surface area contributed by atoms with Gasteiger partial charge < -0.3 is 9.64 Å². The lowest BCUT2D eigenvalue weighted by molar-refractivity contribution is -0.136. The second-order valence-corrected chi connectivity index (χ2v) is 8.57. The molecular weight excluding hydrogens is 396 g/mol. The smallest absolute Gasteiger partial charge is 0.333 e. The Hall–Kier alpha value is -2.19. The van der Waals surface area contributed by atoms with Crippen molar-refractivity contribution in [2.24, 2.45) is 0 Å². The first-order valence-corrected chi connectivity index (χ1v) is 11.2. The summed E-state index contributed by atoms with van der Waals surface area (Å²) < 4.78 is 7.31. The maximum absolute atomic E-state index is 13.0. The minimum Gasteiger partial charge on any atom is -0.463 e. The molecule has 0 saturated carbocycles. The zero-order valence-corrected chi connectivity index (χ0v) is 17.7. The molecule has 0 aromatic carbocycles. The normalized spacial score (nSPS) is 18.5. The van der Waals surface area contributed by atoms with E-state index in [2.05, 4.69) is 0 Å². The molecule has 1 aliphatic rings. The van der Waals surface area contributed by atoms with E-state index in [0.29, 0.717) is 15.7 Å². The third kappa shape index (κ3) is 4.80. The number of thiophene rings is 1. The van der Waals surface area contributed by atoms with Crippen molar-refractivity contribution in [1.82, 2.24) is 9.47 Å². The van der Waals surface area contributed by atoms with Crippen LogP contribution in [0, 0.1) is 0 Å². The van der Waals surface area contributed by atoms with Crippen LogP contribution in [-0.2, 0) is 20.9 Å². The molecule has 0 N–H and O–H groups in total. The fraction of sp³-hybridized carbons (Fsp3) is 0.450. The highest BCUT2D eigenvalue weighted by molar-refractivity contribution is 7.08. The number of amides is 1. The number of piperidine rings is 1. The largest absolute Gasteiger partial charge is 0.463 e. The van der Waals surface area contributed by atoms with E-state index in [4.69, 9.17) is 4.74 Å². The van der Waals surface area contributed by atoms with E-state index in [1.54, 1.807) is 24.3 Å². The van der Waals surface area contributed by atoms with Gasteiger partial charge >= 0.3 is 5.97 Å².